The molecule has 0 heterocycles. The van der Waals surface area contributed by atoms with Gasteiger partial charge in [0.1, 0.15) is 0 Å². The van der Waals surface area contributed by atoms with E-state index in [0.29, 0.717) is 0 Å². The number of ether oxygens (including phenoxy) is 1. The fraction of sp³-hybridized carbons (Fsp3) is 0.947. The van der Waals surface area contributed by atoms with E-state index in [1.54, 1.807) is 0 Å². The summed E-state index contributed by atoms with van der Waals surface area (Å²) in [6, 6.07) is 0. The first-order valence-electron chi connectivity index (χ1n) is 10.2. The number of hydrogen-bond donors (Lipinski definition) is 1. The summed E-state index contributed by atoms with van der Waals surface area (Å²) >= 11 is 0. The second kappa shape index (κ2) is 9.23. The molecule has 3 nitrogen and oxygen atoms in total. The van der Waals surface area contributed by atoms with Crippen LogP contribution in [0.25, 0.3) is 0 Å². The summed E-state index contributed by atoms with van der Waals surface area (Å²) in [7, 11) is 0. The first-order valence-corrected chi connectivity index (χ1v) is 10.2. The topological polar surface area (TPSA) is 46.5 Å². The van der Waals surface area contributed by atoms with Gasteiger partial charge in [0.15, 0.2) is 0 Å². The number of aliphatic hydroxyl groups is 1. The fourth-order valence-corrected chi connectivity index (χ4v) is 4.17. The summed E-state index contributed by atoms with van der Waals surface area (Å²) < 4.78 is 166. The third kappa shape index (κ3) is 4.95. The number of carbonyl (C=O) groups is 1. The molecule has 0 aromatic carbocycles. The average molecular weight is 528 g/mol. The Balaban J connectivity index is 3.48. The van der Waals surface area contributed by atoms with E-state index in [9.17, 15) is 62.6 Å². The first kappa shape index (κ1) is 30.6. The van der Waals surface area contributed by atoms with E-state index in [4.69, 9.17) is 0 Å². The SMILES string of the molecule is CCC(C)(CC)C(=O)OC(C1CCC(C(O)(C(F)(F)F)C(F)(F)F)CC1)(C(F)(F)F)C(F)(F)F. The Labute approximate surface area is 186 Å². The Hall–Kier alpha value is -1.41. The summed E-state index contributed by atoms with van der Waals surface area (Å²) in [5.41, 5.74) is -12.2. The molecule has 0 radical (unpaired) electrons. The molecule has 0 aliphatic heterocycles. The van der Waals surface area contributed by atoms with Gasteiger partial charge in [-0.2, -0.15) is 52.7 Å². The van der Waals surface area contributed by atoms with Gasteiger partial charge in [-0.05, 0) is 45.4 Å². The highest BCUT2D eigenvalue weighted by Crippen LogP contribution is 2.58. The highest BCUT2D eigenvalue weighted by atomic mass is 19.4. The second-order valence-electron chi connectivity index (χ2n) is 8.70. The number of hydrogen-bond acceptors (Lipinski definition) is 3. The maximum Gasteiger partial charge on any atom is 0.437 e. The molecule has 1 aliphatic carbocycles. The Morgan fingerprint density at radius 2 is 1.03 bits per heavy atom. The third-order valence-electron chi connectivity index (χ3n) is 6.91. The molecule has 1 rings (SSSR count). The van der Waals surface area contributed by atoms with Crippen molar-refractivity contribution in [3.63, 3.8) is 0 Å². The lowest BCUT2D eigenvalue weighted by molar-refractivity contribution is -0.400. The summed E-state index contributed by atoms with van der Waals surface area (Å²) in [5, 5.41) is 9.45. The molecule has 1 N–H and O–H groups in total. The Morgan fingerprint density at radius 3 is 1.29 bits per heavy atom. The molecule has 1 fully saturated rings. The van der Waals surface area contributed by atoms with Crippen molar-refractivity contribution in [2.75, 3.05) is 0 Å². The molecule has 0 saturated heterocycles. The highest BCUT2D eigenvalue weighted by molar-refractivity contribution is 5.77. The number of alkyl halides is 12. The quantitative estimate of drug-likeness (QED) is 0.302. The van der Waals surface area contributed by atoms with Gasteiger partial charge in [-0.25, -0.2) is 0 Å². The zero-order chi connectivity index (χ0) is 27.2. The van der Waals surface area contributed by atoms with Gasteiger partial charge in [-0.1, -0.05) is 13.8 Å². The van der Waals surface area contributed by atoms with Gasteiger partial charge < -0.3 is 9.84 Å². The molecule has 0 bridgehead atoms. The lowest BCUT2D eigenvalue weighted by atomic mass is 9.67. The molecule has 1 aliphatic rings. The van der Waals surface area contributed by atoms with Crippen LogP contribution in [0.1, 0.15) is 59.3 Å². The van der Waals surface area contributed by atoms with Gasteiger partial charge in [0, 0.05) is 11.8 Å². The van der Waals surface area contributed by atoms with Crippen molar-refractivity contribution in [2.45, 2.75) is 95.2 Å². The van der Waals surface area contributed by atoms with Crippen molar-refractivity contribution in [3.05, 3.63) is 0 Å². The molecule has 0 unspecified atom stereocenters. The van der Waals surface area contributed by atoms with Crippen LogP contribution in [0.5, 0.6) is 0 Å². The van der Waals surface area contributed by atoms with Crippen LogP contribution in [0.3, 0.4) is 0 Å². The highest BCUT2D eigenvalue weighted by Gasteiger charge is 2.79. The van der Waals surface area contributed by atoms with Crippen molar-refractivity contribution in [1.29, 1.82) is 0 Å². The molecule has 0 atom stereocenters. The van der Waals surface area contributed by atoms with E-state index in [1.807, 2.05) is 0 Å². The molecular formula is C19H24F12O3. The molecule has 0 amide bonds. The van der Waals surface area contributed by atoms with Crippen molar-refractivity contribution in [1.82, 2.24) is 0 Å². The number of rotatable bonds is 6. The molecule has 34 heavy (non-hydrogen) atoms. The summed E-state index contributed by atoms with van der Waals surface area (Å²) in [6.45, 7) is 3.69. The lowest BCUT2D eigenvalue weighted by Crippen LogP contribution is -2.67. The second-order valence-corrected chi connectivity index (χ2v) is 8.70. The number of halogens is 12. The zero-order valence-corrected chi connectivity index (χ0v) is 18.2. The molecule has 0 aromatic rings. The summed E-state index contributed by atoms with van der Waals surface area (Å²) in [4.78, 5) is 12.4. The van der Waals surface area contributed by atoms with Crippen LogP contribution in [0.4, 0.5) is 52.7 Å². The van der Waals surface area contributed by atoms with Crippen LogP contribution in [-0.2, 0) is 9.53 Å². The van der Waals surface area contributed by atoms with Crippen molar-refractivity contribution < 1.29 is 67.3 Å². The van der Waals surface area contributed by atoms with Gasteiger partial charge >= 0.3 is 36.3 Å². The normalized spacial score (nSPS) is 22.0. The monoisotopic (exact) mass is 528 g/mol. The van der Waals surface area contributed by atoms with Crippen LogP contribution in [0.2, 0.25) is 0 Å². The molecule has 202 valence electrons. The van der Waals surface area contributed by atoms with E-state index >= 15 is 0 Å². The Bertz CT molecular complexity index is 680. The Morgan fingerprint density at radius 1 is 0.706 bits per heavy atom. The van der Waals surface area contributed by atoms with Crippen molar-refractivity contribution in [3.8, 4) is 0 Å². The van der Waals surface area contributed by atoms with Crippen molar-refractivity contribution >= 4 is 5.97 Å². The smallest absolute Gasteiger partial charge is 0.437 e. The molecule has 0 aromatic heterocycles. The van der Waals surface area contributed by atoms with Gasteiger partial charge in [-0.15, -0.1) is 0 Å². The van der Waals surface area contributed by atoms with Crippen LogP contribution in [0, 0.1) is 17.3 Å². The molecule has 15 heteroatoms. The third-order valence-corrected chi connectivity index (χ3v) is 6.91. The minimum absolute atomic E-state index is 0.203. The molecule has 1 saturated carbocycles. The van der Waals surface area contributed by atoms with E-state index in [2.05, 4.69) is 4.74 Å². The Kier molecular flexibility index (Phi) is 8.31. The van der Waals surface area contributed by atoms with E-state index in [-0.39, 0.29) is 12.8 Å². The van der Waals surface area contributed by atoms with Crippen LogP contribution in [-0.4, -0.2) is 47.0 Å². The summed E-state index contributed by atoms with van der Waals surface area (Å²) in [6.07, 6.45) is -31.5. The van der Waals surface area contributed by atoms with Crippen LogP contribution < -0.4 is 0 Å². The van der Waals surface area contributed by atoms with Gasteiger partial charge in [-0.3, -0.25) is 4.79 Å². The molecular weight excluding hydrogens is 504 g/mol. The fourth-order valence-electron chi connectivity index (χ4n) is 4.17. The minimum atomic E-state index is -6.29. The van der Waals surface area contributed by atoms with Gasteiger partial charge in [0.25, 0.3) is 5.60 Å². The van der Waals surface area contributed by atoms with E-state index < -0.39 is 84.8 Å². The van der Waals surface area contributed by atoms with Crippen LogP contribution in [0.15, 0.2) is 0 Å². The molecule has 0 spiro atoms. The lowest BCUT2D eigenvalue weighted by Gasteiger charge is -2.48. The number of esters is 1. The maximum atomic E-state index is 13.9. The van der Waals surface area contributed by atoms with Gasteiger partial charge in [0.2, 0.25) is 0 Å². The minimum Gasteiger partial charge on any atom is -0.439 e. The van der Waals surface area contributed by atoms with E-state index in [0.717, 1.165) is 6.92 Å². The maximum absolute atomic E-state index is 13.9. The van der Waals surface area contributed by atoms with E-state index in [1.165, 1.54) is 13.8 Å². The standard InChI is InChI=1S/C19H24F12O3/c1-4-13(3,5-2)12(32)34-15(18(26,27)28,19(29,30)31)11-8-6-10(7-9-11)14(33,16(20,21)22)17(23,24)25/h10-11,33H,4-9H2,1-3H3. The predicted molar refractivity (Wildman–Crippen MR) is 92.1 cm³/mol. The first-order chi connectivity index (χ1) is 15.0. The van der Waals surface area contributed by atoms with Crippen molar-refractivity contribution in [2.24, 2.45) is 17.3 Å². The zero-order valence-electron chi connectivity index (χ0n) is 18.2. The number of carbonyl (C=O) groups excluding carboxylic acids is 1. The van der Waals surface area contributed by atoms with Gasteiger partial charge in [0.05, 0.1) is 5.41 Å². The largest absolute Gasteiger partial charge is 0.439 e. The predicted octanol–water partition coefficient (Wildman–Crippen LogP) is 6.88. The van der Waals surface area contributed by atoms with Crippen LogP contribution >= 0.6 is 0 Å². The average Bonchev–Trinajstić information content (AvgIpc) is 2.67. The summed E-state index contributed by atoms with van der Waals surface area (Å²) in [5.74, 6) is -7.33.